The molecule has 0 N–H and O–H groups in total. The van der Waals surface area contributed by atoms with Gasteiger partial charge in [-0.15, -0.1) is 0 Å². The van der Waals surface area contributed by atoms with E-state index in [0.29, 0.717) is 5.02 Å². The number of aromatic nitrogens is 6. The zero-order valence-corrected chi connectivity index (χ0v) is 23.6. The van der Waals surface area contributed by atoms with Crippen molar-refractivity contribution in [3.05, 3.63) is 145 Å². The maximum absolute atomic E-state index is 7.22. The minimum atomic E-state index is 0.543. The Morgan fingerprint density at radius 3 is 1.09 bits per heavy atom. The van der Waals surface area contributed by atoms with E-state index in [1.54, 1.807) is 18.6 Å². The molecule has 0 atom stereocenters. The lowest BCUT2D eigenvalue weighted by atomic mass is 9.98. The Morgan fingerprint density at radius 2 is 0.698 bits per heavy atom. The van der Waals surface area contributed by atoms with Crippen molar-refractivity contribution in [2.24, 2.45) is 0 Å². The smallest absolute Gasteiger partial charge is 0.0893 e. The summed E-state index contributed by atoms with van der Waals surface area (Å²) in [5, 5.41) is 0.543. The van der Waals surface area contributed by atoms with Crippen LogP contribution in [0.4, 0.5) is 0 Å². The fourth-order valence-corrected chi connectivity index (χ4v) is 5.18. The largest absolute Gasteiger partial charge is 0.255 e. The molecule has 6 heterocycles. The van der Waals surface area contributed by atoms with Crippen LogP contribution in [0.3, 0.4) is 0 Å². The molecule has 0 saturated carbocycles. The number of hydrogen-bond donors (Lipinski definition) is 0. The van der Waals surface area contributed by atoms with Gasteiger partial charge in [0.2, 0.25) is 0 Å². The van der Waals surface area contributed by atoms with Crippen LogP contribution in [-0.2, 0) is 0 Å². The minimum Gasteiger partial charge on any atom is -0.255 e. The summed E-state index contributed by atoms with van der Waals surface area (Å²) in [6, 6.07) is 39.1. The van der Waals surface area contributed by atoms with Crippen LogP contribution < -0.4 is 0 Å². The Bertz CT molecular complexity index is 1930. The molecule has 0 radical (unpaired) electrons. The van der Waals surface area contributed by atoms with Gasteiger partial charge in [-0.2, -0.15) is 0 Å². The molecule has 0 aliphatic rings. The fraction of sp³-hybridized carbons (Fsp3) is 0. The van der Waals surface area contributed by atoms with E-state index in [1.807, 2.05) is 121 Å². The molecule has 0 aliphatic carbocycles. The molecule has 6 aromatic heterocycles. The zero-order chi connectivity index (χ0) is 29.0. The van der Waals surface area contributed by atoms with E-state index >= 15 is 0 Å². The lowest BCUT2D eigenvalue weighted by molar-refractivity contribution is 1.24. The molecule has 0 fully saturated rings. The number of pyridine rings is 6. The monoisotopic (exact) mass is 574 g/mol. The van der Waals surface area contributed by atoms with E-state index in [1.165, 1.54) is 0 Å². The first-order chi connectivity index (χ1) is 21.2. The highest BCUT2D eigenvalue weighted by Crippen LogP contribution is 2.40. The van der Waals surface area contributed by atoms with Crippen LogP contribution >= 0.6 is 11.6 Å². The summed E-state index contributed by atoms with van der Waals surface area (Å²) in [5.74, 6) is 0. The Morgan fingerprint density at radius 1 is 0.349 bits per heavy atom. The van der Waals surface area contributed by atoms with Gasteiger partial charge in [0.1, 0.15) is 0 Å². The molecular formula is C36H23ClN6. The predicted octanol–water partition coefficient (Wildman–Crippen LogP) is 8.71. The average molecular weight is 575 g/mol. The Balaban J connectivity index is 1.42. The van der Waals surface area contributed by atoms with E-state index in [-0.39, 0.29) is 0 Å². The van der Waals surface area contributed by atoms with Crippen molar-refractivity contribution >= 4 is 11.6 Å². The summed E-state index contributed by atoms with van der Waals surface area (Å²) in [7, 11) is 0. The highest BCUT2D eigenvalue weighted by atomic mass is 35.5. The van der Waals surface area contributed by atoms with Crippen LogP contribution in [0.2, 0.25) is 5.02 Å². The summed E-state index contributed by atoms with van der Waals surface area (Å²) in [6.45, 7) is 0. The van der Waals surface area contributed by atoms with Crippen LogP contribution in [0.1, 0.15) is 0 Å². The second-order valence-electron chi connectivity index (χ2n) is 9.75. The second-order valence-corrected chi connectivity index (χ2v) is 10.1. The third-order valence-electron chi connectivity index (χ3n) is 6.95. The van der Waals surface area contributed by atoms with Crippen LogP contribution in [0.5, 0.6) is 0 Å². The van der Waals surface area contributed by atoms with E-state index in [0.717, 1.165) is 67.9 Å². The molecule has 6 nitrogen and oxygen atoms in total. The van der Waals surface area contributed by atoms with E-state index in [9.17, 15) is 0 Å². The van der Waals surface area contributed by atoms with Gasteiger partial charge in [-0.1, -0.05) is 48.0 Å². The Kier molecular flexibility index (Phi) is 7.17. The molecule has 204 valence electrons. The summed E-state index contributed by atoms with van der Waals surface area (Å²) < 4.78 is 0. The normalized spacial score (nSPS) is 10.9. The highest BCUT2D eigenvalue weighted by molar-refractivity contribution is 6.36. The van der Waals surface area contributed by atoms with Gasteiger partial charge in [-0.3, -0.25) is 15.0 Å². The summed E-state index contributed by atoms with van der Waals surface area (Å²) in [6.07, 6.45) is 5.29. The molecule has 43 heavy (non-hydrogen) atoms. The number of halogens is 1. The first kappa shape index (κ1) is 26.3. The molecule has 7 heteroatoms. The van der Waals surface area contributed by atoms with Crippen LogP contribution in [-0.4, -0.2) is 29.9 Å². The fourth-order valence-electron chi connectivity index (χ4n) is 4.88. The van der Waals surface area contributed by atoms with Crippen molar-refractivity contribution in [2.75, 3.05) is 0 Å². The van der Waals surface area contributed by atoms with Crippen LogP contribution in [0.25, 0.3) is 67.9 Å². The van der Waals surface area contributed by atoms with Gasteiger partial charge in [0.05, 0.1) is 56.3 Å². The summed E-state index contributed by atoms with van der Waals surface area (Å²) in [5.41, 5.74) is 9.29. The topological polar surface area (TPSA) is 77.3 Å². The van der Waals surface area contributed by atoms with Crippen molar-refractivity contribution in [1.82, 2.24) is 29.9 Å². The molecule has 0 bridgehead atoms. The molecule has 0 spiro atoms. The SMILES string of the molecule is Clc1c(-c2cccc(-c3ccccn3)n2)cc(-c2cccc(-c3ccccn3)n2)cc1-c1cccc(-c2ccccn2)n1. The Hall–Kier alpha value is -5.59. The van der Waals surface area contributed by atoms with Gasteiger partial charge >= 0.3 is 0 Å². The number of hydrogen-bond acceptors (Lipinski definition) is 6. The van der Waals surface area contributed by atoms with Crippen molar-refractivity contribution < 1.29 is 0 Å². The van der Waals surface area contributed by atoms with E-state index < -0.39 is 0 Å². The van der Waals surface area contributed by atoms with Gasteiger partial charge in [0.25, 0.3) is 0 Å². The van der Waals surface area contributed by atoms with Crippen LogP contribution in [0, 0.1) is 0 Å². The lowest BCUT2D eigenvalue weighted by Gasteiger charge is -2.14. The number of nitrogens with zero attached hydrogens (tertiary/aromatic N) is 6. The highest BCUT2D eigenvalue weighted by Gasteiger charge is 2.18. The zero-order valence-electron chi connectivity index (χ0n) is 22.8. The maximum Gasteiger partial charge on any atom is 0.0893 e. The minimum absolute atomic E-state index is 0.543. The Labute approximate surface area is 253 Å². The van der Waals surface area contributed by atoms with Crippen molar-refractivity contribution in [3.8, 4) is 67.9 Å². The van der Waals surface area contributed by atoms with Gasteiger partial charge < -0.3 is 0 Å². The number of rotatable bonds is 6. The summed E-state index contributed by atoms with van der Waals surface area (Å²) >= 11 is 7.22. The van der Waals surface area contributed by atoms with Crippen LogP contribution in [0.15, 0.2) is 140 Å². The lowest BCUT2D eigenvalue weighted by Crippen LogP contribution is -1.96. The molecule has 0 saturated heterocycles. The molecule has 1 aromatic carbocycles. The van der Waals surface area contributed by atoms with E-state index in [2.05, 4.69) is 15.0 Å². The molecule has 0 amide bonds. The quantitative estimate of drug-likeness (QED) is 0.198. The maximum atomic E-state index is 7.22. The molecule has 0 unspecified atom stereocenters. The van der Waals surface area contributed by atoms with Crippen molar-refractivity contribution in [2.45, 2.75) is 0 Å². The van der Waals surface area contributed by atoms with Crippen molar-refractivity contribution in [1.29, 1.82) is 0 Å². The summed E-state index contributed by atoms with van der Waals surface area (Å²) in [4.78, 5) is 28.4. The van der Waals surface area contributed by atoms with Gasteiger partial charge in [-0.25, -0.2) is 15.0 Å². The second kappa shape index (κ2) is 11.7. The third-order valence-corrected chi connectivity index (χ3v) is 7.36. The first-order valence-electron chi connectivity index (χ1n) is 13.7. The molecule has 0 aliphatic heterocycles. The van der Waals surface area contributed by atoms with Crippen molar-refractivity contribution in [3.63, 3.8) is 0 Å². The number of benzene rings is 1. The molecule has 7 rings (SSSR count). The van der Waals surface area contributed by atoms with Gasteiger partial charge in [0, 0.05) is 35.3 Å². The standard InChI is InChI=1S/C36H23ClN6/c37-36-25(28-14-8-17-34(42-28)31-11-2-5-20-39-31)22-24(27-13-7-16-33(41-27)30-10-1-4-19-38-30)23-26(36)29-15-9-18-35(43-29)32-12-3-6-21-40-32/h1-23H. The third kappa shape index (κ3) is 5.52. The molecular weight excluding hydrogens is 552 g/mol. The first-order valence-corrected chi connectivity index (χ1v) is 14.1. The van der Waals surface area contributed by atoms with Gasteiger partial charge in [0.15, 0.2) is 0 Å². The predicted molar refractivity (Wildman–Crippen MR) is 171 cm³/mol. The average Bonchev–Trinajstić information content (AvgIpc) is 3.10. The van der Waals surface area contributed by atoms with E-state index in [4.69, 9.17) is 26.6 Å². The molecule has 7 aromatic rings. The van der Waals surface area contributed by atoms with Gasteiger partial charge in [-0.05, 0) is 84.9 Å².